The molecule has 1 aromatic carbocycles. The van der Waals surface area contributed by atoms with Gasteiger partial charge in [0, 0.05) is 5.02 Å². The molecule has 1 aliphatic heterocycles. The lowest BCUT2D eigenvalue weighted by Crippen LogP contribution is -2.50. The molecule has 0 aromatic heterocycles. The van der Waals surface area contributed by atoms with Crippen molar-refractivity contribution in [2.24, 2.45) is 0 Å². The number of hydrogen-bond donors (Lipinski definition) is 2. The van der Waals surface area contributed by atoms with Gasteiger partial charge < -0.3 is 10.6 Å². The Morgan fingerprint density at radius 3 is 2.48 bits per heavy atom. The van der Waals surface area contributed by atoms with E-state index in [1.807, 2.05) is 0 Å². The van der Waals surface area contributed by atoms with Crippen LogP contribution in [0.15, 0.2) is 24.3 Å². The Kier molecular flexibility index (Phi) is 5.11. The molecule has 1 aliphatic carbocycles. The monoisotopic (exact) mass is 388 g/mol. The maximum atomic E-state index is 13.0. The average molecular weight is 389 g/mol. The number of nitriles is 1. The quantitative estimate of drug-likeness (QED) is 0.756. The smallest absolute Gasteiger partial charge is 0.325 e. The first-order valence-electron chi connectivity index (χ1n) is 8.98. The molecule has 4 amide bonds. The van der Waals surface area contributed by atoms with E-state index in [4.69, 9.17) is 11.6 Å². The molecule has 1 heterocycles. The van der Waals surface area contributed by atoms with Crippen LogP contribution < -0.4 is 10.6 Å². The summed E-state index contributed by atoms with van der Waals surface area (Å²) in [6, 6.07) is 8.23. The Hall–Kier alpha value is -2.59. The Morgan fingerprint density at radius 2 is 1.93 bits per heavy atom. The minimum atomic E-state index is -1.22. The zero-order chi connectivity index (χ0) is 19.7. The van der Waals surface area contributed by atoms with Gasteiger partial charge in [-0.3, -0.25) is 14.5 Å². The van der Waals surface area contributed by atoms with Crippen molar-refractivity contribution in [2.45, 2.75) is 50.1 Å². The normalized spacial score (nSPS) is 23.8. The minimum Gasteiger partial charge on any atom is -0.336 e. The molecule has 142 valence electrons. The standard InChI is InChI=1S/C19H21ClN4O3/c1-2-19(13-5-7-14(20)8-6-13)16(26)24(17(27)23-19)11-15(25)22-18(12-21)9-3-4-10-18/h5-8H,2-4,9-11H2,1H3,(H,22,25)(H,23,27)/t19-/m0/s1. The summed E-state index contributed by atoms with van der Waals surface area (Å²) in [5, 5.41) is 15.3. The largest absolute Gasteiger partial charge is 0.336 e. The number of hydrogen-bond acceptors (Lipinski definition) is 4. The van der Waals surface area contributed by atoms with Crippen molar-refractivity contribution in [1.82, 2.24) is 15.5 Å². The van der Waals surface area contributed by atoms with Crippen LogP contribution in [0.25, 0.3) is 0 Å². The summed E-state index contributed by atoms with van der Waals surface area (Å²) in [7, 11) is 0. The van der Waals surface area contributed by atoms with Crippen molar-refractivity contribution >= 4 is 29.4 Å². The Morgan fingerprint density at radius 1 is 1.30 bits per heavy atom. The molecule has 27 heavy (non-hydrogen) atoms. The van der Waals surface area contributed by atoms with Gasteiger partial charge in [-0.15, -0.1) is 0 Å². The molecule has 2 fully saturated rings. The van der Waals surface area contributed by atoms with Gasteiger partial charge in [0.25, 0.3) is 5.91 Å². The lowest BCUT2D eigenvalue weighted by atomic mass is 9.87. The second-order valence-electron chi connectivity index (χ2n) is 7.04. The number of halogens is 1. The summed E-state index contributed by atoms with van der Waals surface area (Å²) < 4.78 is 0. The molecular formula is C19H21ClN4O3. The van der Waals surface area contributed by atoms with Gasteiger partial charge in [0.2, 0.25) is 5.91 Å². The lowest BCUT2D eigenvalue weighted by Gasteiger charge is -2.26. The molecule has 0 radical (unpaired) electrons. The Bertz CT molecular complexity index is 811. The highest BCUT2D eigenvalue weighted by atomic mass is 35.5. The van der Waals surface area contributed by atoms with Crippen LogP contribution in [-0.2, 0) is 15.1 Å². The van der Waals surface area contributed by atoms with Crippen LogP contribution in [-0.4, -0.2) is 34.8 Å². The molecule has 0 spiro atoms. The number of carbonyl (C=O) groups is 3. The molecule has 2 aliphatic rings. The molecule has 3 rings (SSSR count). The van der Waals surface area contributed by atoms with E-state index in [1.54, 1.807) is 31.2 Å². The van der Waals surface area contributed by atoms with Gasteiger partial charge in [0.05, 0.1) is 6.07 Å². The zero-order valence-corrected chi connectivity index (χ0v) is 15.8. The maximum Gasteiger partial charge on any atom is 0.325 e. The molecule has 0 unspecified atom stereocenters. The number of imide groups is 1. The van der Waals surface area contributed by atoms with Gasteiger partial charge >= 0.3 is 6.03 Å². The van der Waals surface area contributed by atoms with Crippen molar-refractivity contribution in [2.75, 3.05) is 6.54 Å². The van der Waals surface area contributed by atoms with Gasteiger partial charge in [0.1, 0.15) is 17.6 Å². The Balaban J connectivity index is 1.78. The highest BCUT2D eigenvalue weighted by molar-refractivity contribution is 6.30. The van der Waals surface area contributed by atoms with Crippen molar-refractivity contribution in [1.29, 1.82) is 5.26 Å². The topological polar surface area (TPSA) is 102 Å². The first-order valence-corrected chi connectivity index (χ1v) is 9.36. The zero-order valence-electron chi connectivity index (χ0n) is 15.0. The molecule has 1 aromatic rings. The summed E-state index contributed by atoms with van der Waals surface area (Å²) in [5.41, 5.74) is -1.50. The van der Waals surface area contributed by atoms with Gasteiger partial charge in [-0.1, -0.05) is 30.7 Å². The molecule has 1 saturated carbocycles. The Labute approximate surface area is 162 Å². The molecule has 1 saturated heterocycles. The maximum absolute atomic E-state index is 13.0. The van der Waals surface area contributed by atoms with Crippen LogP contribution in [0.5, 0.6) is 0 Å². The van der Waals surface area contributed by atoms with E-state index in [2.05, 4.69) is 16.7 Å². The van der Waals surface area contributed by atoms with E-state index in [0.29, 0.717) is 29.8 Å². The number of urea groups is 1. The minimum absolute atomic E-state index is 0.333. The lowest BCUT2D eigenvalue weighted by molar-refractivity contribution is -0.135. The van der Waals surface area contributed by atoms with Gasteiger partial charge in [0.15, 0.2) is 0 Å². The van der Waals surface area contributed by atoms with Gasteiger partial charge in [-0.05, 0) is 49.8 Å². The fraction of sp³-hybridized carbons (Fsp3) is 0.474. The third-order valence-electron chi connectivity index (χ3n) is 5.39. The second kappa shape index (κ2) is 7.20. The van der Waals surface area contributed by atoms with Crippen molar-refractivity contribution in [3.63, 3.8) is 0 Å². The molecule has 7 nitrogen and oxygen atoms in total. The number of nitrogens with zero attached hydrogens (tertiary/aromatic N) is 2. The molecule has 2 N–H and O–H groups in total. The van der Waals surface area contributed by atoms with E-state index in [9.17, 15) is 19.6 Å². The fourth-order valence-electron chi connectivity index (χ4n) is 3.84. The van der Waals surface area contributed by atoms with Crippen LogP contribution in [0, 0.1) is 11.3 Å². The summed E-state index contributed by atoms with van der Waals surface area (Å²) in [4.78, 5) is 38.8. The van der Waals surface area contributed by atoms with Crippen LogP contribution in [0.3, 0.4) is 0 Å². The summed E-state index contributed by atoms with van der Waals surface area (Å²) in [6.45, 7) is 1.38. The third kappa shape index (κ3) is 3.37. The number of rotatable bonds is 5. The second-order valence-corrected chi connectivity index (χ2v) is 7.47. The van der Waals surface area contributed by atoms with E-state index in [-0.39, 0.29) is 0 Å². The summed E-state index contributed by atoms with van der Waals surface area (Å²) >= 11 is 5.92. The van der Waals surface area contributed by atoms with Crippen LogP contribution >= 0.6 is 11.6 Å². The average Bonchev–Trinajstić information content (AvgIpc) is 3.21. The predicted molar refractivity (Wildman–Crippen MR) is 98.6 cm³/mol. The van der Waals surface area contributed by atoms with E-state index < -0.39 is 35.5 Å². The van der Waals surface area contributed by atoms with Gasteiger partial charge in [-0.25, -0.2) is 4.79 Å². The highest BCUT2D eigenvalue weighted by Crippen LogP contribution is 2.33. The molecule has 8 heteroatoms. The van der Waals surface area contributed by atoms with Gasteiger partial charge in [-0.2, -0.15) is 5.26 Å². The van der Waals surface area contributed by atoms with E-state index in [0.717, 1.165) is 17.7 Å². The third-order valence-corrected chi connectivity index (χ3v) is 5.65. The van der Waals surface area contributed by atoms with Crippen molar-refractivity contribution in [3.8, 4) is 6.07 Å². The number of benzene rings is 1. The number of nitrogens with one attached hydrogen (secondary N) is 2. The number of amides is 4. The summed E-state index contributed by atoms with van der Waals surface area (Å²) in [5.74, 6) is -0.991. The van der Waals surface area contributed by atoms with E-state index in [1.165, 1.54) is 0 Å². The van der Waals surface area contributed by atoms with Crippen molar-refractivity contribution in [3.05, 3.63) is 34.9 Å². The molecule has 0 bridgehead atoms. The van der Waals surface area contributed by atoms with Crippen molar-refractivity contribution < 1.29 is 14.4 Å². The first kappa shape index (κ1) is 19.2. The van der Waals surface area contributed by atoms with Crippen LogP contribution in [0.2, 0.25) is 5.02 Å². The van der Waals surface area contributed by atoms with Crippen LogP contribution in [0.4, 0.5) is 4.79 Å². The molecular weight excluding hydrogens is 368 g/mol. The predicted octanol–water partition coefficient (Wildman–Crippen LogP) is 2.45. The van der Waals surface area contributed by atoms with E-state index >= 15 is 0 Å². The first-order chi connectivity index (χ1) is 12.9. The summed E-state index contributed by atoms with van der Waals surface area (Å²) in [6.07, 6.45) is 3.23. The molecule has 1 atom stereocenters. The number of carbonyl (C=O) groups excluding carboxylic acids is 3. The van der Waals surface area contributed by atoms with Crippen LogP contribution in [0.1, 0.15) is 44.6 Å². The SMILES string of the molecule is CC[C@@]1(c2ccc(Cl)cc2)NC(=O)N(CC(=O)NC2(C#N)CCCC2)C1=O. The highest BCUT2D eigenvalue weighted by Gasteiger charge is 2.52. The fourth-order valence-corrected chi connectivity index (χ4v) is 3.96.